The van der Waals surface area contributed by atoms with Crippen LogP contribution in [0.5, 0.6) is 0 Å². The lowest BCUT2D eigenvalue weighted by Gasteiger charge is -2.27. The number of sulfone groups is 1. The van der Waals surface area contributed by atoms with Gasteiger partial charge in [-0.25, -0.2) is 8.42 Å². The van der Waals surface area contributed by atoms with Crippen LogP contribution in [0, 0.1) is 0 Å². The van der Waals surface area contributed by atoms with Crippen molar-refractivity contribution >= 4 is 15.9 Å². The summed E-state index contributed by atoms with van der Waals surface area (Å²) in [5.74, 6) is 0.290. The molecule has 2 rings (SSSR count). The van der Waals surface area contributed by atoms with E-state index in [0.29, 0.717) is 11.8 Å². The number of hydrogen-bond acceptors (Lipinski definition) is 3. The molecule has 22 heavy (non-hydrogen) atoms. The molecule has 0 aromatic heterocycles. The zero-order valence-corrected chi connectivity index (χ0v) is 14.3. The second kappa shape index (κ2) is 8.49. The summed E-state index contributed by atoms with van der Waals surface area (Å²) < 4.78 is 22.6. The van der Waals surface area contributed by atoms with Crippen molar-refractivity contribution in [2.75, 3.05) is 25.1 Å². The maximum absolute atomic E-state index is 11.3. The lowest BCUT2D eigenvalue weighted by Crippen LogP contribution is -2.35. The maximum atomic E-state index is 11.3. The van der Waals surface area contributed by atoms with Crippen LogP contribution < -0.4 is 0 Å². The van der Waals surface area contributed by atoms with Crippen molar-refractivity contribution in [3.8, 4) is 0 Å². The van der Waals surface area contributed by atoms with Crippen molar-refractivity contribution in [2.24, 2.45) is 0 Å². The van der Waals surface area contributed by atoms with Gasteiger partial charge < -0.3 is 0 Å². The minimum Gasteiger partial charge on any atom is -0.297 e. The van der Waals surface area contributed by atoms with Crippen LogP contribution in [0.1, 0.15) is 37.7 Å². The molecule has 1 aliphatic heterocycles. The summed E-state index contributed by atoms with van der Waals surface area (Å²) in [6.45, 7) is 1.95. The van der Waals surface area contributed by atoms with Crippen LogP contribution in [0.2, 0.25) is 0 Å². The fraction of sp³-hybridized carbons (Fsp3) is 0.556. The van der Waals surface area contributed by atoms with E-state index in [0.717, 1.165) is 19.5 Å². The summed E-state index contributed by atoms with van der Waals surface area (Å²) in [6.07, 6.45) is 11.5. The molecule has 0 amide bonds. The lowest BCUT2D eigenvalue weighted by molar-refractivity contribution is 0.236. The second-order valence-electron chi connectivity index (χ2n) is 6.21. The number of rotatable bonds is 6. The molecule has 122 valence electrons. The van der Waals surface area contributed by atoms with Crippen LogP contribution in [0.25, 0.3) is 6.08 Å². The lowest BCUT2D eigenvalue weighted by atomic mass is 10.1. The summed E-state index contributed by atoms with van der Waals surface area (Å²) >= 11 is 0. The summed E-state index contributed by atoms with van der Waals surface area (Å²) in [5, 5.41) is 0. The zero-order chi connectivity index (χ0) is 15.8. The molecule has 4 heteroatoms. The molecule has 0 aliphatic carbocycles. The monoisotopic (exact) mass is 321 g/mol. The second-order valence-corrected chi connectivity index (χ2v) is 8.47. The number of likely N-dealkylation sites (tertiary alicyclic amines) is 1. The van der Waals surface area contributed by atoms with E-state index in [9.17, 15) is 8.42 Å². The SMILES string of the molecule is CS(=O)(=O)CCCN1CCCCCC1/C=C/c1ccccc1. The fourth-order valence-electron chi connectivity index (χ4n) is 3.01. The highest BCUT2D eigenvalue weighted by atomic mass is 32.2. The first kappa shape index (κ1) is 17.2. The van der Waals surface area contributed by atoms with E-state index in [4.69, 9.17) is 0 Å². The first-order valence-electron chi connectivity index (χ1n) is 8.20. The Balaban J connectivity index is 1.96. The molecule has 0 spiro atoms. The van der Waals surface area contributed by atoms with E-state index < -0.39 is 9.84 Å². The van der Waals surface area contributed by atoms with Crippen LogP contribution in [-0.4, -0.2) is 44.5 Å². The van der Waals surface area contributed by atoms with Crippen LogP contribution in [0.15, 0.2) is 36.4 Å². The molecule has 1 saturated heterocycles. The molecule has 1 fully saturated rings. The van der Waals surface area contributed by atoms with Gasteiger partial charge in [-0.3, -0.25) is 4.90 Å². The van der Waals surface area contributed by atoms with Gasteiger partial charge in [-0.1, -0.05) is 55.3 Å². The Hall–Kier alpha value is -1.13. The van der Waals surface area contributed by atoms with Gasteiger partial charge in [-0.05, 0) is 37.9 Å². The summed E-state index contributed by atoms with van der Waals surface area (Å²) in [4.78, 5) is 2.46. The minimum absolute atomic E-state index is 0.290. The van der Waals surface area contributed by atoms with Gasteiger partial charge >= 0.3 is 0 Å². The third kappa shape index (κ3) is 6.32. The number of benzene rings is 1. The predicted molar refractivity (Wildman–Crippen MR) is 93.6 cm³/mol. The molecule has 0 N–H and O–H groups in total. The third-order valence-electron chi connectivity index (χ3n) is 4.19. The third-order valence-corrected chi connectivity index (χ3v) is 5.22. The average molecular weight is 321 g/mol. The molecule has 0 radical (unpaired) electrons. The number of nitrogens with zero attached hydrogens (tertiary/aromatic N) is 1. The first-order chi connectivity index (χ1) is 10.5. The van der Waals surface area contributed by atoms with E-state index in [2.05, 4.69) is 41.3 Å². The van der Waals surface area contributed by atoms with Gasteiger partial charge in [0, 0.05) is 12.3 Å². The molecule has 1 aromatic rings. The maximum Gasteiger partial charge on any atom is 0.147 e. The molecule has 1 unspecified atom stereocenters. The zero-order valence-electron chi connectivity index (χ0n) is 13.4. The van der Waals surface area contributed by atoms with Crippen molar-refractivity contribution < 1.29 is 8.42 Å². The summed E-state index contributed by atoms with van der Waals surface area (Å²) in [5.41, 5.74) is 1.22. The first-order valence-corrected chi connectivity index (χ1v) is 10.3. The average Bonchev–Trinajstić information content (AvgIpc) is 2.70. The highest BCUT2D eigenvalue weighted by Crippen LogP contribution is 2.19. The van der Waals surface area contributed by atoms with Crippen molar-refractivity contribution in [3.05, 3.63) is 42.0 Å². The van der Waals surface area contributed by atoms with E-state index in [1.54, 1.807) is 0 Å². The summed E-state index contributed by atoms with van der Waals surface area (Å²) in [7, 11) is -2.85. The molecule has 0 bridgehead atoms. The Bertz CT molecular complexity index is 566. The van der Waals surface area contributed by atoms with Gasteiger partial charge in [-0.2, -0.15) is 0 Å². The van der Waals surface area contributed by atoms with Crippen molar-refractivity contribution in [1.82, 2.24) is 4.90 Å². The molecule has 1 atom stereocenters. The normalized spacial score (nSPS) is 21.0. The topological polar surface area (TPSA) is 37.4 Å². The molecular formula is C18H27NO2S. The van der Waals surface area contributed by atoms with Gasteiger partial charge in [-0.15, -0.1) is 0 Å². The van der Waals surface area contributed by atoms with Crippen molar-refractivity contribution in [3.63, 3.8) is 0 Å². The largest absolute Gasteiger partial charge is 0.297 e. The molecular weight excluding hydrogens is 294 g/mol. The Kier molecular flexibility index (Phi) is 6.65. The van der Waals surface area contributed by atoms with Crippen LogP contribution in [0.3, 0.4) is 0 Å². The van der Waals surface area contributed by atoms with Gasteiger partial charge in [0.05, 0.1) is 5.75 Å². The van der Waals surface area contributed by atoms with Gasteiger partial charge in [0.15, 0.2) is 0 Å². The van der Waals surface area contributed by atoms with Crippen LogP contribution >= 0.6 is 0 Å². The highest BCUT2D eigenvalue weighted by Gasteiger charge is 2.18. The van der Waals surface area contributed by atoms with E-state index in [-0.39, 0.29) is 0 Å². The Morgan fingerprint density at radius 2 is 1.95 bits per heavy atom. The Morgan fingerprint density at radius 3 is 2.68 bits per heavy atom. The smallest absolute Gasteiger partial charge is 0.147 e. The fourth-order valence-corrected chi connectivity index (χ4v) is 3.66. The quantitative estimate of drug-likeness (QED) is 0.806. The molecule has 1 heterocycles. The standard InChI is InChI=1S/C18H27NO2S/c1-22(20,21)16-8-15-19-14-7-3-6-11-18(19)13-12-17-9-4-2-5-10-17/h2,4-5,9-10,12-13,18H,3,6-8,11,14-16H2,1H3/b13-12+. The highest BCUT2D eigenvalue weighted by molar-refractivity contribution is 7.90. The van der Waals surface area contributed by atoms with Gasteiger partial charge in [0.25, 0.3) is 0 Å². The summed E-state index contributed by atoms with van der Waals surface area (Å²) in [6, 6.07) is 10.8. The van der Waals surface area contributed by atoms with Crippen molar-refractivity contribution in [1.29, 1.82) is 0 Å². The Labute approximate surface area is 135 Å². The molecule has 3 nitrogen and oxygen atoms in total. The molecule has 1 aliphatic rings. The predicted octanol–water partition coefficient (Wildman–Crippen LogP) is 3.38. The van der Waals surface area contributed by atoms with E-state index in [1.165, 1.54) is 37.5 Å². The number of hydrogen-bond donors (Lipinski definition) is 0. The Morgan fingerprint density at radius 1 is 1.18 bits per heavy atom. The van der Waals surface area contributed by atoms with Gasteiger partial charge in [0.1, 0.15) is 9.84 Å². The minimum atomic E-state index is -2.85. The van der Waals surface area contributed by atoms with Crippen molar-refractivity contribution in [2.45, 2.75) is 38.1 Å². The van der Waals surface area contributed by atoms with E-state index in [1.807, 2.05) is 6.07 Å². The van der Waals surface area contributed by atoms with Gasteiger partial charge in [0.2, 0.25) is 0 Å². The van der Waals surface area contributed by atoms with Crippen LogP contribution in [0.4, 0.5) is 0 Å². The molecule has 1 aromatic carbocycles. The van der Waals surface area contributed by atoms with E-state index >= 15 is 0 Å². The molecule has 0 saturated carbocycles. The van der Waals surface area contributed by atoms with Crippen LogP contribution in [-0.2, 0) is 9.84 Å².